The number of hydrogen-bond donors (Lipinski definition) is 38. The van der Waals surface area contributed by atoms with Crippen LogP contribution in [0.3, 0.4) is 0 Å². The maximum atomic E-state index is 13.2. The van der Waals surface area contributed by atoms with E-state index in [-0.39, 0.29) is 0 Å². The first-order chi connectivity index (χ1) is 65.9. The van der Waals surface area contributed by atoms with Crippen molar-refractivity contribution in [3.05, 3.63) is 0 Å². The van der Waals surface area contributed by atoms with E-state index in [2.05, 4.69) is 10.6 Å². The molecule has 12 heterocycles. The number of carbonyl (C=O) groups excluding carboxylic acids is 2. The van der Waals surface area contributed by atoms with Crippen molar-refractivity contribution in [2.24, 2.45) is 0 Å². The van der Waals surface area contributed by atoms with Gasteiger partial charge in [-0.3, -0.25) is 9.59 Å². The molecule has 63 heteroatoms. The first-order valence-corrected chi connectivity index (χ1v) is 44.2. The summed E-state index contributed by atoms with van der Waals surface area (Å²) < 4.78 is 136. The van der Waals surface area contributed by atoms with Crippen LogP contribution in [0, 0.1) is 0 Å². The standard InChI is InChI=1S/C76H128N2O61/c1-15(89)77-29-41(101)56(25(11-87)119-65(29)116)131-66-30(78-16(2)90)42(102)57(26(12-88)128-66)132-71-55(115)59(134-74-63(49(109)37(97)22(8-84)125-74)138-76-64(50(110)38(98)24(10-86)127-76)139-75-62(48(108)36(96)23(9-85)126-75)137-70-53(113)45(105)33(93)19(5-81)122-70)40(100)28(130-71)13-117-67-54(114)58(133-73-61(47(107)35(95)21(7-83)124-73)136-69-52(112)44(104)32(92)18(4-80)121-69)39(99)27(129-67)14-118-72-60(46(106)34(94)20(6-82)123-72)135-68-51(111)43(103)31(91)17(3-79)120-68/h17-76,79-88,91-116H,3-14H2,1-2H3,(H,77,89)(H,78,90). The van der Waals surface area contributed by atoms with Crippen molar-refractivity contribution in [2.45, 2.75) is 382 Å². The van der Waals surface area contributed by atoms with E-state index in [9.17, 15) is 193 Å². The van der Waals surface area contributed by atoms with Gasteiger partial charge in [-0.15, -0.1) is 0 Å². The molecule has 12 fully saturated rings. The second kappa shape index (κ2) is 49.8. The highest BCUT2D eigenvalue weighted by molar-refractivity contribution is 5.73. The van der Waals surface area contributed by atoms with Crippen LogP contribution >= 0.6 is 0 Å². The highest BCUT2D eigenvalue weighted by Crippen LogP contribution is 2.43. The van der Waals surface area contributed by atoms with E-state index < -0.39 is 459 Å². The molecular formula is C76H128N2O61. The summed E-state index contributed by atoms with van der Waals surface area (Å²) >= 11 is 0. The minimum absolute atomic E-state index is 0.842. The van der Waals surface area contributed by atoms with Gasteiger partial charge < -0.3 is 303 Å². The minimum atomic E-state index is -2.76. The summed E-state index contributed by atoms with van der Waals surface area (Å²) in [5.74, 6) is -1.86. The van der Waals surface area contributed by atoms with Crippen LogP contribution in [0.5, 0.6) is 0 Å². The molecule has 38 N–H and O–H groups in total. The first-order valence-electron chi connectivity index (χ1n) is 44.2. The quantitative estimate of drug-likeness (QED) is 0.0277. The predicted molar refractivity (Wildman–Crippen MR) is 418 cm³/mol. The Balaban J connectivity index is 0.912. The fourth-order valence-electron chi connectivity index (χ4n) is 17.9. The third-order valence-electron chi connectivity index (χ3n) is 25.9. The van der Waals surface area contributed by atoms with Gasteiger partial charge in [0.2, 0.25) is 11.8 Å². The largest absolute Gasteiger partial charge is 0.394 e. The van der Waals surface area contributed by atoms with E-state index in [0.29, 0.717) is 0 Å². The van der Waals surface area contributed by atoms with E-state index >= 15 is 0 Å². The summed E-state index contributed by atoms with van der Waals surface area (Å²) in [6, 6.07) is -3.77. The molecule has 0 saturated carbocycles. The van der Waals surface area contributed by atoms with Gasteiger partial charge in [0.25, 0.3) is 0 Å². The Hall–Kier alpha value is -3.42. The maximum Gasteiger partial charge on any atom is 0.217 e. The molecule has 2 amide bonds. The van der Waals surface area contributed by atoms with Crippen LogP contribution in [0.4, 0.5) is 0 Å². The Bertz CT molecular complexity index is 3730. The molecule has 808 valence electrons. The minimum Gasteiger partial charge on any atom is -0.394 e. The van der Waals surface area contributed by atoms with Crippen molar-refractivity contribution < 1.29 is 302 Å². The summed E-state index contributed by atoms with van der Waals surface area (Å²) in [7, 11) is 0. The Kier molecular flexibility index (Phi) is 41.0. The summed E-state index contributed by atoms with van der Waals surface area (Å²) in [5, 5.41) is 408. The molecule has 0 aliphatic carbocycles. The second-order valence-electron chi connectivity index (χ2n) is 35.2. The van der Waals surface area contributed by atoms with Crippen LogP contribution < -0.4 is 10.6 Å². The smallest absolute Gasteiger partial charge is 0.217 e. The zero-order valence-electron chi connectivity index (χ0n) is 73.4. The van der Waals surface area contributed by atoms with Gasteiger partial charge in [0.05, 0.1) is 79.3 Å². The van der Waals surface area contributed by atoms with Crippen molar-refractivity contribution in [3.63, 3.8) is 0 Å². The SMILES string of the molecule is CC(=O)NC1C(O)OC(CO)C(OC2OC(CO)C(OC3OC(COC4OC(COC5OC(CO)C(O)C(O)C5OC5OC(CO)C(O)C(O)C5O)C(O)C(OC5OC(CO)C(O)C(O)C5OC5OC(CO)C(O)C(O)C5O)C4O)C(O)C(OC4OC(CO)C(O)C(O)C4OC4OC(CO)C(O)C(O)C4OC4OC(CO)C(O)C(O)C4OC4OC(CO)C(O)C(O)C4O)C3O)C(O)C2NC(C)=O)C1O. The molecule has 0 spiro atoms. The van der Waals surface area contributed by atoms with Gasteiger partial charge >= 0.3 is 0 Å². The summed E-state index contributed by atoms with van der Waals surface area (Å²) in [6.07, 6.45) is -131. The highest BCUT2D eigenvalue weighted by atomic mass is 16.8. The third kappa shape index (κ3) is 24.5. The molecule has 12 saturated heterocycles. The Morgan fingerprint density at radius 1 is 0.187 bits per heavy atom. The fourth-order valence-corrected chi connectivity index (χ4v) is 17.9. The number of carbonyl (C=O) groups is 2. The lowest BCUT2D eigenvalue weighted by molar-refractivity contribution is -0.414. The zero-order valence-corrected chi connectivity index (χ0v) is 73.4. The molecule has 60 unspecified atom stereocenters. The van der Waals surface area contributed by atoms with Gasteiger partial charge in [0.15, 0.2) is 75.5 Å². The number of ether oxygens (including phenoxy) is 23. The van der Waals surface area contributed by atoms with Gasteiger partial charge in [-0.1, -0.05) is 0 Å². The van der Waals surface area contributed by atoms with Gasteiger partial charge in [-0.25, -0.2) is 0 Å². The van der Waals surface area contributed by atoms with Crippen LogP contribution in [-0.2, 0) is 119 Å². The predicted octanol–water partition coefficient (Wildman–Crippen LogP) is -26.9. The van der Waals surface area contributed by atoms with Crippen LogP contribution in [0.1, 0.15) is 13.8 Å². The Morgan fingerprint density at radius 3 is 0.712 bits per heavy atom. The lowest BCUT2D eigenvalue weighted by Gasteiger charge is -2.51. The van der Waals surface area contributed by atoms with Gasteiger partial charge in [-0.05, 0) is 0 Å². The van der Waals surface area contributed by atoms with E-state index in [0.717, 1.165) is 13.8 Å². The third-order valence-corrected chi connectivity index (χ3v) is 25.9. The molecule has 12 rings (SSSR count). The highest BCUT2D eigenvalue weighted by Gasteiger charge is 2.64. The normalized spacial score (nSPS) is 51.9. The Labute approximate surface area is 784 Å². The van der Waals surface area contributed by atoms with Crippen LogP contribution in [-0.4, -0.2) is 643 Å². The van der Waals surface area contributed by atoms with Crippen LogP contribution in [0.2, 0.25) is 0 Å². The van der Waals surface area contributed by atoms with Gasteiger partial charge in [-0.2, -0.15) is 0 Å². The molecule has 0 aromatic heterocycles. The molecule has 0 aromatic carbocycles. The molecule has 139 heavy (non-hydrogen) atoms. The van der Waals surface area contributed by atoms with Crippen molar-refractivity contribution in [3.8, 4) is 0 Å². The molecule has 63 nitrogen and oxygen atoms in total. The van der Waals surface area contributed by atoms with E-state index in [1.807, 2.05) is 0 Å². The molecule has 60 atom stereocenters. The summed E-state index contributed by atoms with van der Waals surface area (Å²) in [5.41, 5.74) is 0. The topological polar surface area (TPSA) is 999 Å². The van der Waals surface area contributed by atoms with E-state index in [4.69, 9.17) is 109 Å². The summed E-state index contributed by atoms with van der Waals surface area (Å²) in [6.45, 7) is -12.5. The number of rotatable bonds is 36. The molecule has 12 aliphatic heterocycles. The van der Waals surface area contributed by atoms with Crippen molar-refractivity contribution in [2.75, 3.05) is 79.3 Å². The van der Waals surface area contributed by atoms with E-state index in [1.165, 1.54) is 0 Å². The number of amides is 2. The first kappa shape index (κ1) is 114. The summed E-state index contributed by atoms with van der Waals surface area (Å²) in [4.78, 5) is 25.5. The molecule has 0 aromatic rings. The van der Waals surface area contributed by atoms with Crippen molar-refractivity contribution >= 4 is 11.8 Å². The monoisotopic (exact) mass is 2040 g/mol. The number of aliphatic hydroxyl groups excluding tert-OH is 36. The lowest BCUT2D eigenvalue weighted by atomic mass is 9.94. The van der Waals surface area contributed by atoms with Gasteiger partial charge in [0, 0.05) is 13.8 Å². The molecule has 0 radical (unpaired) electrons. The Morgan fingerprint density at radius 2 is 0.396 bits per heavy atom. The second-order valence-corrected chi connectivity index (χ2v) is 35.2. The number of hydrogen-bond acceptors (Lipinski definition) is 61. The number of nitrogens with one attached hydrogen (secondary N) is 2. The maximum absolute atomic E-state index is 13.2. The fraction of sp³-hybridized carbons (Fsp3) is 0.974. The number of aliphatic hydroxyl groups is 36. The average molecular weight is 2050 g/mol. The van der Waals surface area contributed by atoms with Crippen LogP contribution in [0.25, 0.3) is 0 Å². The van der Waals surface area contributed by atoms with Crippen molar-refractivity contribution in [1.29, 1.82) is 0 Å². The zero-order chi connectivity index (χ0) is 102. The molecule has 0 bridgehead atoms. The van der Waals surface area contributed by atoms with E-state index in [1.54, 1.807) is 0 Å². The van der Waals surface area contributed by atoms with Gasteiger partial charge in [0.1, 0.15) is 293 Å². The molecule has 12 aliphatic rings. The average Bonchev–Trinajstić information content (AvgIpc) is 0.773. The molecular weight excluding hydrogens is 1920 g/mol. The van der Waals surface area contributed by atoms with Crippen molar-refractivity contribution in [1.82, 2.24) is 10.6 Å². The van der Waals surface area contributed by atoms with Crippen LogP contribution in [0.15, 0.2) is 0 Å². The lowest BCUT2D eigenvalue weighted by Crippen LogP contribution is -2.70.